The lowest BCUT2D eigenvalue weighted by atomic mass is 10.0. The Kier molecular flexibility index (Phi) is 4.96. The lowest BCUT2D eigenvalue weighted by molar-refractivity contribution is 0.0636. The quantitative estimate of drug-likeness (QED) is 0.730. The third-order valence-corrected chi connectivity index (χ3v) is 3.36. The minimum atomic E-state index is -0.737. The van der Waals surface area contributed by atoms with E-state index in [2.05, 4.69) is 27.5 Å². The number of para-hydroxylation sites is 1. The predicted molar refractivity (Wildman–Crippen MR) is 87.7 cm³/mol. The number of aromatic nitrogens is 2. The lowest BCUT2D eigenvalue weighted by Crippen LogP contribution is -2.33. The molecule has 0 spiro atoms. The Hall–Kier alpha value is -1.88. The smallest absolute Gasteiger partial charge is 0.225 e. The first-order valence-electron chi connectivity index (χ1n) is 7.52. The maximum Gasteiger partial charge on any atom is 0.225 e. The lowest BCUT2D eigenvalue weighted by Gasteiger charge is -2.23. The number of hydrogen-bond donors (Lipinski definition) is 3. The van der Waals surface area contributed by atoms with Gasteiger partial charge in [0.2, 0.25) is 5.95 Å². The summed E-state index contributed by atoms with van der Waals surface area (Å²) < 4.78 is 0. The molecular weight excluding hydrogens is 264 g/mol. The molecule has 1 heterocycles. The molecule has 2 aromatic rings. The zero-order valence-corrected chi connectivity index (χ0v) is 13.0. The first-order valence-corrected chi connectivity index (χ1v) is 7.52. The highest BCUT2D eigenvalue weighted by Crippen LogP contribution is 2.23. The van der Waals surface area contributed by atoms with Gasteiger partial charge in [0.05, 0.1) is 11.1 Å². The first kappa shape index (κ1) is 15.5. The minimum Gasteiger partial charge on any atom is -0.388 e. The van der Waals surface area contributed by atoms with Crippen LogP contribution >= 0.6 is 0 Å². The van der Waals surface area contributed by atoms with Crippen LogP contribution in [0.25, 0.3) is 10.9 Å². The average molecular weight is 288 g/mol. The highest BCUT2D eigenvalue weighted by Gasteiger charge is 2.19. The van der Waals surface area contributed by atoms with Crippen LogP contribution in [0, 0.1) is 0 Å². The van der Waals surface area contributed by atoms with E-state index in [0.717, 1.165) is 36.1 Å². The monoisotopic (exact) mass is 288 g/mol. The summed E-state index contributed by atoms with van der Waals surface area (Å²) in [6.45, 7) is 7.16. The maximum absolute atomic E-state index is 10.3. The zero-order chi connectivity index (χ0) is 15.3. The van der Waals surface area contributed by atoms with Gasteiger partial charge < -0.3 is 15.7 Å². The number of benzene rings is 1. The normalized spacial score (nSPS) is 13.9. The Morgan fingerprint density at radius 2 is 1.90 bits per heavy atom. The number of anilines is 2. The van der Waals surface area contributed by atoms with Crippen LogP contribution in [0.5, 0.6) is 0 Å². The molecule has 0 aliphatic rings. The second kappa shape index (κ2) is 6.72. The molecular formula is C16H24N4O. The molecule has 1 atom stereocenters. The molecule has 0 radical (unpaired) electrons. The van der Waals surface area contributed by atoms with Gasteiger partial charge in [-0.15, -0.1) is 0 Å². The van der Waals surface area contributed by atoms with Crippen molar-refractivity contribution in [1.29, 1.82) is 0 Å². The SMILES string of the molecule is CCCC(C)(O)CNc1nc(NCC)nc2ccccc12. The van der Waals surface area contributed by atoms with Crippen molar-refractivity contribution in [2.75, 3.05) is 23.7 Å². The van der Waals surface area contributed by atoms with Gasteiger partial charge in [-0.1, -0.05) is 25.5 Å². The number of nitrogens with one attached hydrogen (secondary N) is 2. The van der Waals surface area contributed by atoms with Crippen LogP contribution in [0.4, 0.5) is 11.8 Å². The average Bonchev–Trinajstić information content (AvgIpc) is 2.45. The van der Waals surface area contributed by atoms with Gasteiger partial charge in [-0.25, -0.2) is 4.98 Å². The summed E-state index contributed by atoms with van der Waals surface area (Å²) in [6.07, 6.45) is 1.70. The van der Waals surface area contributed by atoms with E-state index >= 15 is 0 Å². The highest BCUT2D eigenvalue weighted by molar-refractivity contribution is 5.90. The summed E-state index contributed by atoms with van der Waals surface area (Å²) in [4.78, 5) is 8.99. The van der Waals surface area contributed by atoms with Gasteiger partial charge in [-0.05, 0) is 32.4 Å². The van der Waals surface area contributed by atoms with E-state index in [1.165, 1.54) is 0 Å². The van der Waals surface area contributed by atoms with Crippen molar-refractivity contribution in [1.82, 2.24) is 9.97 Å². The third-order valence-electron chi connectivity index (χ3n) is 3.36. The topological polar surface area (TPSA) is 70.1 Å². The zero-order valence-electron chi connectivity index (χ0n) is 13.0. The summed E-state index contributed by atoms with van der Waals surface area (Å²) in [5, 5.41) is 17.7. The van der Waals surface area contributed by atoms with Gasteiger partial charge in [0.15, 0.2) is 0 Å². The Bertz CT molecular complexity index is 598. The van der Waals surface area contributed by atoms with Crippen LogP contribution in [0.1, 0.15) is 33.6 Å². The predicted octanol–water partition coefficient (Wildman–Crippen LogP) is 3.02. The van der Waals surface area contributed by atoms with Crippen molar-refractivity contribution in [2.24, 2.45) is 0 Å². The number of hydrogen-bond acceptors (Lipinski definition) is 5. The molecule has 0 aliphatic heterocycles. The van der Waals surface area contributed by atoms with Gasteiger partial charge in [0.1, 0.15) is 5.82 Å². The number of aliphatic hydroxyl groups is 1. The molecule has 21 heavy (non-hydrogen) atoms. The summed E-state index contributed by atoms with van der Waals surface area (Å²) in [5.74, 6) is 1.36. The molecule has 114 valence electrons. The summed E-state index contributed by atoms with van der Waals surface area (Å²) in [7, 11) is 0. The summed E-state index contributed by atoms with van der Waals surface area (Å²) >= 11 is 0. The molecule has 1 unspecified atom stereocenters. The van der Waals surface area contributed by atoms with Gasteiger partial charge in [0.25, 0.3) is 0 Å². The van der Waals surface area contributed by atoms with Gasteiger partial charge >= 0.3 is 0 Å². The second-order valence-electron chi connectivity index (χ2n) is 5.54. The van der Waals surface area contributed by atoms with Crippen molar-refractivity contribution in [2.45, 2.75) is 39.2 Å². The van der Waals surface area contributed by atoms with Crippen LogP contribution in [0.2, 0.25) is 0 Å². The van der Waals surface area contributed by atoms with Crippen LogP contribution in [0.15, 0.2) is 24.3 Å². The number of nitrogens with zero attached hydrogens (tertiary/aromatic N) is 2. The van der Waals surface area contributed by atoms with Crippen LogP contribution in [0.3, 0.4) is 0 Å². The Labute approximate surface area is 125 Å². The summed E-state index contributed by atoms with van der Waals surface area (Å²) in [5.41, 5.74) is 0.153. The second-order valence-corrected chi connectivity index (χ2v) is 5.54. The van der Waals surface area contributed by atoms with Crippen LogP contribution < -0.4 is 10.6 Å². The van der Waals surface area contributed by atoms with Crippen molar-refractivity contribution in [3.05, 3.63) is 24.3 Å². The molecule has 0 saturated carbocycles. The maximum atomic E-state index is 10.3. The molecule has 5 heteroatoms. The number of fused-ring (bicyclic) bond motifs is 1. The first-order chi connectivity index (χ1) is 10.1. The molecule has 0 saturated heterocycles. The summed E-state index contributed by atoms with van der Waals surface area (Å²) in [6, 6.07) is 7.88. The van der Waals surface area contributed by atoms with E-state index in [-0.39, 0.29) is 0 Å². The van der Waals surface area contributed by atoms with Crippen molar-refractivity contribution >= 4 is 22.7 Å². The van der Waals surface area contributed by atoms with Crippen LogP contribution in [-0.4, -0.2) is 33.8 Å². The number of rotatable bonds is 7. The molecule has 1 aromatic heterocycles. The Balaban J connectivity index is 2.28. The van der Waals surface area contributed by atoms with E-state index in [4.69, 9.17) is 0 Å². The molecule has 0 amide bonds. The molecule has 2 rings (SSSR count). The standard InChI is InChI=1S/C16H24N4O/c1-4-10-16(3,21)11-18-14-12-8-6-7-9-13(12)19-15(20-14)17-5-2/h6-9,21H,4-5,10-11H2,1-3H3,(H2,17,18,19,20). The van der Waals surface area contributed by atoms with E-state index in [9.17, 15) is 5.11 Å². The van der Waals surface area contributed by atoms with E-state index < -0.39 is 5.60 Å². The Morgan fingerprint density at radius 3 is 2.62 bits per heavy atom. The largest absolute Gasteiger partial charge is 0.388 e. The van der Waals surface area contributed by atoms with Crippen LogP contribution in [-0.2, 0) is 0 Å². The van der Waals surface area contributed by atoms with Gasteiger partial charge in [-0.2, -0.15) is 4.98 Å². The van der Waals surface area contributed by atoms with Gasteiger partial charge in [0, 0.05) is 18.5 Å². The molecule has 3 N–H and O–H groups in total. The van der Waals surface area contributed by atoms with Crippen molar-refractivity contribution in [3.63, 3.8) is 0 Å². The fraction of sp³-hybridized carbons (Fsp3) is 0.500. The third kappa shape index (κ3) is 4.04. The fourth-order valence-electron chi connectivity index (χ4n) is 2.35. The molecule has 0 bridgehead atoms. The van der Waals surface area contributed by atoms with Crippen molar-refractivity contribution in [3.8, 4) is 0 Å². The molecule has 0 aliphatic carbocycles. The molecule has 0 fully saturated rings. The van der Waals surface area contributed by atoms with E-state index in [1.54, 1.807) is 0 Å². The van der Waals surface area contributed by atoms with E-state index in [0.29, 0.717) is 12.5 Å². The van der Waals surface area contributed by atoms with E-state index in [1.807, 2.05) is 38.1 Å². The fourth-order valence-corrected chi connectivity index (χ4v) is 2.35. The highest BCUT2D eigenvalue weighted by atomic mass is 16.3. The van der Waals surface area contributed by atoms with Gasteiger partial charge in [-0.3, -0.25) is 0 Å². The minimum absolute atomic E-state index is 0.466. The Morgan fingerprint density at radius 1 is 1.14 bits per heavy atom. The van der Waals surface area contributed by atoms with Crippen molar-refractivity contribution < 1.29 is 5.11 Å². The molecule has 1 aromatic carbocycles. The molecule has 5 nitrogen and oxygen atoms in total.